The van der Waals surface area contributed by atoms with Crippen molar-refractivity contribution >= 4 is 0 Å². The van der Waals surface area contributed by atoms with Gasteiger partial charge in [-0.3, -0.25) is 0 Å². The molecule has 0 spiro atoms. The Morgan fingerprint density at radius 2 is 1.56 bits per heavy atom. The molecule has 3 saturated carbocycles. The van der Waals surface area contributed by atoms with Crippen molar-refractivity contribution in [1.29, 1.82) is 0 Å². The summed E-state index contributed by atoms with van der Waals surface area (Å²) in [6.07, 6.45) is 16.2. The lowest BCUT2D eigenvalue weighted by Gasteiger charge is -2.48. The lowest BCUT2D eigenvalue weighted by molar-refractivity contribution is -0.905. The molecule has 4 fully saturated rings. The maximum atomic E-state index is 10.3. The van der Waals surface area contributed by atoms with Crippen molar-refractivity contribution in [2.24, 2.45) is 17.8 Å². The Bertz CT molecular complexity index is 674. The zero-order valence-corrected chi connectivity index (χ0v) is 21.6. The smallest absolute Gasteiger partial charge is 0.101 e. The molecule has 5 aliphatic rings. The number of nitrogens with one attached hydrogen (secondary N) is 1. The van der Waals surface area contributed by atoms with Gasteiger partial charge in [0.1, 0.15) is 6.54 Å². The van der Waals surface area contributed by atoms with Crippen LogP contribution in [-0.4, -0.2) is 67.0 Å². The van der Waals surface area contributed by atoms with Crippen LogP contribution < -0.4 is 4.90 Å². The highest BCUT2D eigenvalue weighted by atomic mass is 16.5. The summed E-state index contributed by atoms with van der Waals surface area (Å²) in [5, 5.41) is 20.5. The van der Waals surface area contributed by atoms with Crippen LogP contribution in [0.5, 0.6) is 0 Å². The molecule has 34 heavy (non-hydrogen) atoms. The predicted octanol–water partition coefficient (Wildman–Crippen LogP) is 3.43. The number of piperidine rings is 1. The molecule has 0 amide bonds. The maximum Gasteiger partial charge on any atom is 0.101 e. The van der Waals surface area contributed by atoms with Crippen molar-refractivity contribution in [1.82, 2.24) is 0 Å². The first-order valence-electron chi connectivity index (χ1n) is 14.8. The fraction of sp³-hybridized carbons (Fsp3) is 0.931. The highest BCUT2D eigenvalue weighted by molar-refractivity contribution is 5.28. The fourth-order valence-corrected chi connectivity index (χ4v) is 7.99. The van der Waals surface area contributed by atoms with E-state index in [4.69, 9.17) is 9.47 Å². The average molecular weight is 477 g/mol. The standard InChI is InChI=1S/C29H49NO4/c1-20-26-14-11-24(32)19-27(26)34-29(28(20)21-5-9-23(31)10-6-21)22-7-12-25(13-8-22)33-18-17-30-15-3-2-4-16-30/h21-27,29,31-32H,2-19H2,1H3/p+1/t21?,22?,23?,24?,25?,26?,27?,29-/m1/s1. The van der Waals surface area contributed by atoms with Crippen molar-refractivity contribution in [2.45, 2.75) is 127 Å². The van der Waals surface area contributed by atoms with E-state index in [9.17, 15) is 10.2 Å². The van der Waals surface area contributed by atoms with E-state index in [1.807, 2.05) is 0 Å². The van der Waals surface area contributed by atoms with Crippen molar-refractivity contribution in [3.63, 3.8) is 0 Å². The molecule has 0 bridgehead atoms. The van der Waals surface area contributed by atoms with Gasteiger partial charge in [0.05, 0.1) is 50.2 Å². The fourth-order valence-electron chi connectivity index (χ4n) is 7.99. The summed E-state index contributed by atoms with van der Waals surface area (Å²) >= 11 is 0. The van der Waals surface area contributed by atoms with Gasteiger partial charge < -0.3 is 24.6 Å². The SMILES string of the molecule is CC1=C(C2CCC(O)CC2)[C@@H](C2CCC(OCC[NH+]3CCCCC3)CC2)OC2CC(O)CCC12. The topological polar surface area (TPSA) is 63.4 Å². The van der Waals surface area contributed by atoms with Crippen LogP contribution in [-0.2, 0) is 9.47 Å². The highest BCUT2D eigenvalue weighted by Crippen LogP contribution is 2.48. The third-order valence-corrected chi connectivity index (χ3v) is 10.1. The van der Waals surface area contributed by atoms with Gasteiger partial charge in [0, 0.05) is 12.3 Å². The van der Waals surface area contributed by atoms with Gasteiger partial charge in [-0.05, 0) is 108 Å². The molecule has 0 aromatic heterocycles. The van der Waals surface area contributed by atoms with Crippen LogP contribution in [0.15, 0.2) is 11.1 Å². The van der Waals surface area contributed by atoms with Gasteiger partial charge in [0.2, 0.25) is 0 Å². The third kappa shape index (κ3) is 5.91. The second kappa shape index (κ2) is 11.7. The minimum atomic E-state index is -0.202. The van der Waals surface area contributed by atoms with E-state index >= 15 is 0 Å². The molecule has 0 radical (unpaired) electrons. The largest absolute Gasteiger partial charge is 0.393 e. The average Bonchev–Trinajstić information content (AvgIpc) is 2.86. The van der Waals surface area contributed by atoms with E-state index < -0.39 is 0 Å². The predicted molar refractivity (Wildman–Crippen MR) is 134 cm³/mol. The zero-order valence-electron chi connectivity index (χ0n) is 21.6. The number of aliphatic hydroxyl groups is 2. The minimum absolute atomic E-state index is 0.114. The first-order chi connectivity index (χ1) is 16.6. The molecule has 4 atom stereocenters. The molecular formula is C29H50NO4+. The number of likely N-dealkylation sites (tertiary alicyclic amines) is 1. The third-order valence-electron chi connectivity index (χ3n) is 10.1. The van der Waals surface area contributed by atoms with Crippen molar-refractivity contribution < 1.29 is 24.6 Å². The zero-order chi connectivity index (χ0) is 23.5. The van der Waals surface area contributed by atoms with Crippen molar-refractivity contribution in [2.75, 3.05) is 26.2 Å². The quantitative estimate of drug-likeness (QED) is 0.514. The number of quaternary nitrogens is 1. The van der Waals surface area contributed by atoms with Crippen LogP contribution in [0.1, 0.15) is 96.8 Å². The molecule has 2 aliphatic heterocycles. The van der Waals surface area contributed by atoms with Crippen LogP contribution in [0.3, 0.4) is 0 Å². The Morgan fingerprint density at radius 3 is 2.29 bits per heavy atom. The van der Waals surface area contributed by atoms with Crippen LogP contribution in [0, 0.1) is 17.8 Å². The number of hydrogen-bond acceptors (Lipinski definition) is 4. The van der Waals surface area contributed by atoms with E-state index in [1.165, 1.54) is 51.7 Å². The van der Waals surface area contributed by atoms with Gasteiger partial charge in [-0.25, -0.2) is 0 Å². The van der Waals surface area contributed by atoms with E-state index in [2.05, 4.69) is 6.92 Å². The monoisotopic (exact) mass is 476 g/mol. The van der Waals surface area contributed by atoms with Crippen molar-refractivity contribution in [3.05, 3.63) is 11.1 Å². The van der Waals surface area contributed by atoms with Gasteiger partial charge in [0.25, 0.3) is 0 Å². The van der Waals surface area contributed by atoms with E-state index in [1.54, 1.807) is 16.0 Å². The Kier molecular flexibility index (Phi) is 8.69. The Hall–Kier alpha value is -0.460. The van der Waals surface area contributed by atoms with Crippen LogP contribution >= 0.6 is 0 Å². The minimum Gasteiger partial charge on any atom is -0.393 e. The van der Waals surface area contributed by atoms with Gasteiger partial charge >= 0.3 is 0 Å². The van der Waals surface area contributed by atoms with Crippen LogP contribution in [0.4, 0.5) is 0 Å². The molecule has 1 saturated heterocycles. The molecule has 5 nitrogen and oxygen atoms in total. The molecular weight excluding hydrogens is 426 g/mol. The summed E-state index contributed by atoms with van der Waals surface area (Å²) in [4.78, 5) is 1.74. The van der Waals surface area contributed by atoms with E-state index in [0.29, 0.717) is 23.9 Å². The number of hydrogen-bond donors (Lipinski definition) is 3. The maximum absolute atomic E-state index is 10.3. The number of fused-ring (bicyclic) bond motifs is 1. The summed E-state index contributed by atoms with van der Waals surface area (Å²) < 4.78 is 13.3. The summed E-state index contributed by atoms with van der Waals surface area (Å²) in [5.74, 6) is 1.63. The van der Waals surface area contributed by atoms with E-state index in [0.717, 1.165) is 64.4 Å². The number of ether oxygens (including phenoxy) is 2. The Labute approximate surface area is 207 Å². The van der Waals surface area contributed by atoms with E-state index in [-0.39, 0.29) is 24.4 Å². The molecule has 194 valence electrons. The van der Waals surface area contributed by atoms with Gasteiger partial charge in [-0.2, -0.15) is 0 Å². The normalized spacial score (nSPS) is 42.4. The van der Waals surface area contributed by atoms with Gasteiger partial charge in [-0.1, -0.05) is 5.57 Å². The lowest BCUT2D eigenvalue weighted by Crippen LogP contribution is -3.13. The van der Waals surface area contributed by atoms with Crippen molar-refractivity contribution in [3.8, 4) is 0 Å². The van der Waals surface area contributed by atoms with Gasteiger partial charge in [0.15, 0.2) is 0 Å². The molecule has 3 aliphatic carbocycles. The first kappa shape index (κ1) is 25.2. The van der Waals surface area contributed by atoms with Gasteiger partial charge in [-0.15, -0.1) is 0 Å². The molecule has 0 aromatic carbocycles. The molecule has 3 unspecified atom stereocenters. The first-order valence-corrected chi connectivity index (χ1v) is 14.8. The summed E-state index contributed by atoms with van der Waals surface area (Å²) in [5.41, 5.74) is 3.18. The number of aliphatic hydroxyl groups excluding tert-OH is 2. The summed E-state index contributed by atoms with van der Waals surface area (Å²) in [7, 11) is 0. The highest BCUT2D eigenvalue weighted by Gasteiger charge is 2.45. The molecule has 2 heterocycles. The molecule has 5 rings (SSSR count). The number of rotatable bonds is 6. The second-order valence-electron chi connectivity index (χ2n) is 12.3. The summed E-state index contributed by atoms with van der Waals surface area (Å²) in [6.45, 7) is 7.14. The van der Waals surface area contributed by atoms with Crippen LogP contribution in [0.2, 0.25) is 0 Å². The second-order valence-corrected chi connectivity index (χ2v) is 12.3. The molecule has 3 N–H and O–H groups in total. The lowest BCUT2D eigenvalue weighted by atomic mass is 9.67. The Balaban J connectivity index is 1.20. The van der Waals surface area contributed by atoms with Crippen LogP contribution in [0.25, 0.3) is 0 Å². The Morgan fingerprint density at radius 1 is 0.853 bits per heavy atom. The molecule has 0 aromatic rings. The summed E-state index contributed by atoms with van der Waals surface area (Å²) in [6, 6.07) is 0. The molecule has 5 heteroatoms.